The van der Waals surface area contributed by atoms with Crippen LogP contribution in [0.2, 0.25) is 0 Å². The molecule has 0 atom stereocenters. The van der Waals surface area contributed by atoms with E-state index in [1.165, 1.54) is 0 Å². The highest BCUT2D eigenvalue weighted by atomic mass is 16.1. The van der Waals surface area contributed by atoms with Crippen molar-refractivity contribution < 1.29 is 4.79 Å². The maximum atomic E-state index is 10.7. The van der Waals surface area contributed by atoms with E-state index in [9.17, 15) is 4.79 Å². The minimum absolute atomic E-state index is 0.798. The monoisotopic (exact) mass is 215 g/mol. The number of unbranched alkanes of at least 4 members (excludes halogenated alkanes) is 2. The van der Waals surface area contributed by atoms with Crippen LogP contribution >= 0.6 is 0 Å². The van der Waals surface area contributed by atoms with Gasteiger partial charge in [0.1, 0.15) is 0 Å². The van der Waals surface area contributed by atoms with E-state index in [1.54, 1.807) is 11.9 Å². The van der Waals surface area contributed by atoms with Gasteiger partial charge in [0.15, 0.2) is 0 Å². The zero-order valence-corrected chi connectivity index (χ0v) is 9.86. The van der Waals surface area contributed by atoms with Gasteiger partial charge in [0.05, 0.1) is 5.69 Å². The average molecular weight is 215 g/mol. The van der Waals surface area contributed by atoms with Gasteiger partial charge in [0.25, 0.3) is 0 Å². The van der Waals surface area contributed by atoms with Crippen molar-refractivity contribution in [3.05, 3.63) is 29.8 Å². The Hall–Kier alpha value is -1.75. The normalized spacial score (nSPS) is 9.12. The predicted octanol–water partition coefficient (Wildman–Crippen LogP) is 2.82. The lowest BCUT2D eigenvalue weighted by Gasteiger charge is -2.12. The van der Waals surface area contributed by atoms with Gasteiger partial charge in [-0.15, -0.1) is 0 Å². The Balaban J connectivity index is 2.85. The Bertz CT molecular complexity index is 401. The number of hydrogen-bond acceptors (Lipinski definition) is 1. The van der Waals surface area contributed by atoms with Gasteiger partial charge in [0, 0.05) is 19.0 Å². The smallest absolute Gasteiger partial charge is 0.213 e. The molecule has 2 heteroatoms. The first-order chi connectivity index (χ1) is 7.79. The molecule has 0 aliphatic rings. The topological polar surface area (TPSA) is 20.3 Å². The molecule has 16 heavy (non-hydrogen) atoms. The first-order valence-electron chi connectivity index (χ1n) is 5.55. The maximum absolute atomic E-state index is 10.7. The lowest BCUT2D eigenvalue weighted by molar-refractivity contribution is -0.107. The molecule has 0 spiro atoms. The second-order valence-electron chi connectivity index (χ2n) is 3.64. The quantitative estimate of drug-likeness (QED) is 0.429. The standard InChI is InChI=1S/C14H17NO/c1-3-4-5-6-9-13-10-7-8-11-14(13)15(2)12-16/h7-8,10-12H,3-5H2,1-2H3. The molecular formula is C14H17NO. The summed E-state index contributed by atoms with van der Waals surface area (Å²) in [7, 11) is 1.74. The summed E-state index contributed by atoms with van der Waals surface area (Å²) in [5, 5.41) is 0. The second-order valence-corrected chi connectivity index (χ2v) is 3.64. The molecule has 0 heterocycles. The fourth-order valence-corrected chi connectivity index (χ4v) is 1.37. The van der Waals surface area contributed by atoms with Gasteiger partial charge >= 0.3 is 0 Å². The van der Waals surface area contributed by atoms with Crippen LogP contribution in [0.25, 0.3) is 0 Å². The molecule has 0 saturated carbocycles. The summed E-state index contributed by atoms with van der Waals surface area (Å²) in [6.07, 6.45) is 3.99. The maximum Gasteiger partial charge on any atom is 0.213 e. The summed E-state index contributed by atoms with van der Waals surface area (Å²) >= 11 is 0. The lowest BCUT2D eigenvalue weighted by atomic mass is 10.1. The van der Waals surface area contributed by atoms with Crippen LogP contribution in [0.3, 0.4) is 0 Å². The summed E-state index contributed by atoms with van der Waals surface area (Å²) in [5.41, 5.74) is 1.77. The van der Waals surface area contributed by atoms with Crippen molar-refractivity contribution in [3.8, 4) is 11.8 Å². The molecule has 0 unspecified atom stereocenters. The zero-order chi connectivity index (χ0) is 11.8. The Labute approximate surface area is 97.3 Å². The highest BCUT2D eigenvalue weighted by Crippen LogP contribution is 2.16. The third-order valence-corrected chi connectivity index (χ3v) is 2.32. The predicted molar refractivity (Wildman–Crippen MR) is 67.3 cm³/mol. The summed E-state index contributed by atoms with van der Waals surface area (Å²) in [4.78, 5) is 12.3. The van der Waals surface area contributed by atoms with Crippen molar-refractivity contribution >= 4 is 12.1 Å². The van der Waals surface area contributed by atoms with Crippen LogP contribution in [0.1, 0.15) is 31.7 Å². The lowest BCUT2D eigenvalue weighted by Crippen LogP contribution is -2.14. The van der Waals surface area contributed by atoms with E-state index in [1.807, 2.05) is 24.3 Å². The third kappa shape index (κ3) is 3.43. The molecule has 1 aromatic carbocycles. The van der Waals surface area contributed by atoms with Crippen LogP contribution in [0.4, 0.5) is 5.69 Å². The SMILES string of the molecule is CCCCC#Cc1ccccc1N(C)C=O. The zero-order valence-electron chi connectivity index (χ0n) is 9.86. The highest BCUT2D eigenvalue weighted by molar-refractivity contribution is 5.78. The van der Waals surface area contributed by atoms with Crippen molar-refractivity contribution in [3.63, 3.8) is 0 Å². The fourth-order valence-electron chi connectivity index (χ4n) is 1.37. The molecule has 0 aliphatic heterocycles. The first kappa shape index (κ1) is 12.3. The molecule has 84 valence electrons. The van der Waals surface area contributed by atoms with Crippen LogP contribution < -0.4 is 4.90 Å². The highest BCUT2D eigenvalue weighted by Gasteiger charge is 2.02. The van der Waals surface area contributed by atoms with Gasteiger partial charge in [-0.2, -0.15) is 0 Å². The van der Waals surface area contributed by atoms with Crippen LogP contribution in [0, 0.1) is 11.8 Å². The number of carbonyl (C=O) groups is 1. The van der Waals surface area contributed by atoms with Crippen molar-refractivity contribution in [2.45, 2.75) is 26.2 Å². The van der Waals surface area contributed by atoms with E-state index < -0.39 is 0 Å². The Morgan fingerprint density at radius 3 is 2.81 bits per heavy atom. The van der Waals surface area contributed by atoms with Crippen molar-refractivity contribution in [1.29, 1.82) is 0 Å². The number of anilines is 1. The molecule has 1 rings (SSSR count). The summed E-state index contributed by atoms with van der Waals surface area (Å²) in [6, 6.07) is 7.69. The number of amides is 1. The Kier molecular flexibility index (Phi) is 5.15. The summed E-state index contributed by atoms with van der Waals surface area (Å²) < 4.78 is 0. The van der Waals surface area contributed by atoms with E-state index >= 15 is 0 Å². The fraction of sp³-hybridized carbons (Fsp3) is 0.357. The molecule has 0 saturated heterocycles. The molecule has 1 amide bonds. The van der Waals surface area contributed by atoms with Crippen LogP contribution in [0.5, 0.6) is 0 Å². The number of carbonyl (C=O) groups excluding carboxylic acids is 1. The van der Waals surface area contributed by atoms with E-state index in [0.717, 1.165) is 36.9 Å². The molecule has 0 radical (unpaired) electrons. The van der Waals surface area contributed by atoms with Gasteiger partial charge in [-0.05, 0) is 18.6 Å². The number of para-hydroxylation sites is 1. The van der Waals surface area contributed by atoms with Crippen LogP contribution in [0.15, 0.2) is 24.3 Å². The van der Waals surface area contributed by atoms with Crippen LogP contribution in [-0.4, -0.2) is 13.5 Å². The molecule has 0 bridgehead atoms. The molecular weight excluding hydrogens is 198 g/mol. The molecule has 0 N–H and O–H groups in total. The van der Waals surface area contributed by atoms with Gasteiger partial charge in [-0.25, -0.2) is 0 Å². The molecule has 2 nitrogen and oxygen atoms in total. The number of hydrogen-bond donors (Lipinski definition) is 0. The van der Waals surface area contributed by atoms with E-state index in [-0.39, 0.29) is 0 Å². The molecule has 0 aliphatic carbocycles. The molecule has 0 fully saturated rings. The van der Waals surface area contributed by atoms with E-state index in [4.69, 9.17) is 0 Å². The van der Waals surface area contributed by atoms with Crippen LogP contribution in [-0.2, 0) is 4.79 Å². The van der Waals surface area contributed by atoms with Gasteiger partial charge in [-0.3, -0.25) is 4.79 Å². The van der Waals surface area contributed by atoms with Crippen molar-refractivity contribution in [1.82, 2.24) is 0 Å². The van der Waals surface area contributed by atoms with E-state index in [2.05, 4.69) is 18.8 Å². The third-order valence-electron chi connectivity index (χ3n) is 2.32. The Morgan fingerprint density at radius 1 is 1.38 bits per heavy atom. The average Bonchev–Trinajstić information content (AvgIpc) is 2.34. The summed E-state index contributed by atoms with van der Waals surface area (Å²) in [5.74, 6) is 6.24. The van der Waals surface area contributed by atoms with Gasteiger partial charge in [-0.1, -0.05) is 37.3 Å². The second kappa shape index (κ2) is 6.68. The molecule has 0 aromatic heterocycles. The Morgan fingerprint density at radius 2 is 2.12 bits per heavy atom. The van der Waals surface area contributed by atoms with Gasteiger partial charge < -0.3 is 4.90 Å². The minimum atomic E-state index is 0.798. The largest absolute Gasteiger partial charge is 0.317 e. The number of nitrogens with zero attached hydrogens (tertiary/aromatic N) is 1. The van der Waals surface area contributed by atoms with Crippen molar-refractivity contribution in [2.75, 3.05) is 11.9 Å². The number of benzene rings is 1. The summed E-state index contributed by atoms with van der Waals surface area (Å²) in [6.45, 7) is 2.15. The molecule has 1 aromatic rings. The number of rotatable bonds is 4. The minimum Gasteiger partial charge on any atom is -0.317 e. The van der Waals surface area contributed by atoms with E-state index in [0.29, 0.717) is 0 Å². The van der Waals surface area contributed by atoms with Gasteiger partial charge in [0.2, 0.25) is 6.41 Å². The first-order valence-corrected chi connectivity index (χ1v) is 5.55. The van der Waals surface area contributed by atoms with Crippen molar-refractivity contribution in [2.24, 2.45) is 0 Å².